The third-order valence-electron chi connectivity index (χ3n) is 5.07. The zero-order valence-corrected chi connectivity index (χ0v) is 17.4. The van der Waals surface area contributed by atoms with Crippen LogP contribution in [0.2, 0.25) is 5.02 Å². The van der Waals surface area contributed by atoms with E-state index >= 15 is 0 Å². The average Bonchev–Trinajstić information content (AvgIpc) is 2.93. The van der Waals surface area contributed by atoms with Gasteiger partial charge >= 0.3 is 0 Å². The van der Waals surface area contributed by atoms with E-state index in [0.29, 0.717) is 16.5 Å². The minimum absolute atomic E-state index is 0.157. The fourth-order valence-corrected chi connectivity index (χ4v) is 3.68. The molecule has 2 N–H and O–H groups in total. The second-order valence-electron chi connectivity index (χ2n) is 7.09. The van der Waals surface area contributed by atoms with Gasteiger partial charge in [-0.15, -0.1) is 0 Å². The molecule has 3 heterocycles. The standard InChI is InChI=1S/C21H21ClN6O/c1-11(16-10-14-9-15(22)5-6-17(14)25-20(16)29)24-21-23-8-7-18(26-21)19-12(2)27-28(4)13(19)3/h5-11H,1-4H3,(H,25,29)(H,23,24,26)/t11-/m0/s1. The normalized spacial score (nSPS) is 12.3. The molecule has 4 rings (SSSR count). The summed E-state index contributed by atoms with van der Waals surface area (Å²) in [5.74, 6) is 0.447. The van der Waals surface area contributed by atoms with E-state index in [1.54, 1.807) is 18.3 Å². The lowest BCUT2D eigenvalue weighted by Crippen LogP contribution is -2.20. The van der Waals surface area contributed by atoms with Crippen molar-refractivity contribution in [2.45, 2.75) is 26.8 Å². The van der Waals surface area contributed by atoms with E-state index in [1.807, 2.05) is 50.7 Å². The molecule has 148 valence electrons. The lowest BCUT2D eigenvalue weighted by atomic mass is 10.1. The number of rotatable bonds is 4. The Morgan fingerprint density at radius 1 is 1.21 bits per heavy atom. The summed E-state index contributed by atoms with van der Waals surface area (Å²) in [6, 6.07) is 8.78. The number of anilines is 1. The largest absolute Gasteiger partial charge is 0.347 e. The predicted molar refractivity (Wildman–Crippen MR) is 115 cm³/mol. The summed E-state index contributed by atoms with van der Waals surface area (Å²) < 4.78 is 1.84. The Bertz CT molecular complexity index is 1280. The fraction of sp³-hybridized carbons (Fsp3) is 0.238. The summed E-state index contributed by atoms with van der Waals surface area (Å²) in [5.41, 5.74) is 4.89. The number of halogens is 1. The van der Waals surface area contributed by atoms with E-state index in [9.17, 15) is 4.79 Å². The maximum Gasteiger partial charge on any atom is 0.253 e. The summed E-state index contributed by atoms with van der Waals surface area (Å²) in [6.45, 7) is 5.87. The summed E-state index contributed by atoms with van der Waals surface area (Å²) in [7, 11) is 1.91. The molecule has 0 bridgehead atoms. The van der Waals surface area contributed by atoms with Crippen LogP contribution in [-0.4, -0.2) is 24.7 Å². The van der Waals surface area contributed by atoms with Crippen LogP contribution in [0, 0.1) is 13.8 Å². The molecule has 0 aliphatic carbocycles. The van der Waals surface area contributed by atoms with E-state index in [2.05, 4.69) is 25.4 Å². The zero-order valence-electron chi connectivity index (χ0n) is 16.6. The number of nitrogens with one attached hydrogen (secondary N) is 2. The molecule has 8 heteroatoms. The fourth-order valence-electron chi connectivity index (χ4n) is 3.50. The topological polar surface area (TPSA) is 88.5 Å². The maximum atomic E-state index is 12.5. The van der Waals surface area contributed by atoms with Gasteiger partial charge in [0.1, 0.15) is 0 Å². The Balaban J connectivity index is 1.67. The third-order valence-corrected chi connectivity index (χ3v) is 5.30. The molecule has 0 aliphatic heterocycles. The first kappa shape index (κ1) is 19.1. The van der Waals surface area contributed by atoms with Crippen LogP contribution >= 0.6 is 11.6 Å². The molecule has 0 radical (unpaired) electrons. The predicted octanol–water partition coefficient (Wildman–Crippen LogP) is 4.16. The molecule has 0 spiro atoms. The van der Waals surface area contributed by atoms with Crippen molar-refractivity contribution in [3.63, 3.8) is 0 Å². The second kappa shape index (κ2) is 7.33. The van der Waals surface area contributed by atoms with Crippen molar-refractivity contribution >= 4 is 28.5 Å². The molecule has 29 heavy (non-hydrogen) atoms. The minimum atomic E-state index is -0.298. The molecule has 1 atom stereocenters. The smallest absolute Gasteiger partial charge is 0.253 e. The first-order chi connectivity index (χ1) is 13.8. The highest BCUT2D eigenvalue weighted by Gasteiger charge is 2.16. The number of benzene rings is 1. The van der Waals surface area contributed by atoms with Crippen molar-refractivity contribution < 1.29 is 0 Å². The van der Waals surface area contributed by atoms with Crippen LogP contribution in [0.3, 0.4) is 0 Å². The van der Waals surface area contributed by atoms with Gasteiger partial charge in [0.15, 0.2) is 0 Å². The number of hydrogen-bond acceptors (Lipinski definition) is 5. The van der Waals surface area contributed by atoms with Gasteiger partial charge in [0.25, 0.3) is 5.56 Å². The van der Waals surface area contributed by atoms with Gasteiger partial charge in [-0.1, -0.05) is 11.6 Å². The van der Waals surface area contributed by atoms with E-state index in [0.717, 1.165) is 33.5 Å². The Morgan fingerprint density at radius 3 is 2.72 bits per heavy atom. The monoisotopic (exact) mass is 408 g/mol. The molecule has 4 aromatic rings. The van der Waals surface area contributed by atoms with E-state index in [4.69, 9.17) is 11.6 Å². The second-order valence-corrected chi connectivity index (χ2v) is 7.52. The van der Waals surface area contributed by atoms with Crippen molar-refractivity contribution in [1.82, 2.24) is 24.7 Å². The molecule has 0 saturated carbocycles. The molecular formula is C21H21ClN6O. The molecule has 3 aromatic heterocycles. The van der Waals surface area contributed by atoms with Crippen molar-refractivity contribution in [3.05, 3.63) is 68.9 Å². The summed E-state index contributed by atoms with van der Waals surface area (Å²) in [6.07, 6.45) is 1.70. The number of H-pyrrole nitrogens is 1. The Hall–Kier alpha value is -3.19. The van der Waals surface area contributed by atoms with Crippen LogP contribution in [0.4, 0.5) is 5.95 Å². The van der Waals surface area contributed by atoms with Gasteiger partial charge in [0.05, 0.1) is 17.4 Å². The van der Waals surface area contributed by atoms with E-state index < -0.39 is 0 Å². The zero-order chi connectivity index (χ0) is 20.7. The molecule has 0 unspecified atom stereocenters. The molecular weight excluding hydrogens is 388 g/mol. The number of fused-ring (bicyclic) bond motifs is 1. The maximum absolute atomic E-state index is 12.5. The van der Waals surface area contributed by atoms with Gasteiger partial charge in [-0.3, -0.25) is 9.48 Å². The third kappa shape index (κ3) is 3.61. The number of aromatic nitrogens is 5. The quantitative estimate of drug-likeness (QED) is 0.529. The lowest BCUT2D eigenvalue weighted by Gasteiger charge is -2.15. The van der Waals surface area contributed by atoms with Crippen LogP contribution in [0.1, 0.15) is 29.9 Å². The highest BCUT2D eigenvalue weighted by molar-refractivity contribution is 6.31. The van der Waals surface area contributed by atoms with Crippen molar-refractivity contribution in [2.24, 2.45) is 7.05 Å². The summed E-state index contributed by atoms with van der Waals surface area (Å²) in [5, 5.41) is 9.18. The SMILES string of the molecule is Cc1nn(C)c(C)c1-c1ccnc(N[C@@H](C)c2cc3cc(Cl)ccc3[nH]c2=O)n1. The molecule has 0 fully saturated rings. The van der Waals surface area contributed by atoms with Crippen LogP contribution in [0.15, 0.2) is 41.3 Å². The van der Waals surface area contributed by atoms with Crippen LogP contribution in [-0.2, 0) is 7.05 Å². The highest BCUT2D eigenvalue weighted by atomic mass is 35.5. The van der Waals surface area contributed by atoms with Gasteiger partial charge < -0.3 is 10.3 Å². The number of hydrogen-bond donors (Lipinski definition) is 2. The highest BCUT2D eigenvalue weighted by Crippen LogP contribution is 2.26. The number of nitrogens with zero attached hydrogens (tertiary/aromatic N) is 4. The van der Waals surface area contributed by atoms with Crippen molar-refractivity contribution in [1.29, 1.82) is 0 Å². The Morgan fingerprint density at radius 2 is 2.00 bits per heavy atom. The Kier molecular flexibility index (Phi) is 4.84. The average molecular weight is 409 g/mol. The van der Waals surface area contributed by atoms with Gasteiger partial charge in [0, 0.05) is 46.0 Å². The number of aryl methyl sites for hydroxylation is 2. The van der Waals surface area contributed by atoms with Gasteiger partial charge in [0.2, 0.25) is 5.95 Å². The molecule has 7 nitrogen and oxygen atoms in total. The van der Waals surface area contributed by atoms with E-state index in [1.165, 1.54) is 0 Å². The summed E-state index contributed by atoms with van der Waals surface area (Å²) >= 11 is 6.09. The number of pyridine rings is 1. The van der Waals surface area contributed by atoms with E-state index in [-0.39, 0.29) is 11.6 Å². The minimum Gasteiger partial charge on any atom is -0.347 e. The van der Waals surface area contributed by atoms with Crippen molar-refractivity contribution in [2.75, 3.05) is 5.32 Å². The van der Waals surface area contributed by atoms with Gasteiger partial charge in [-0.05, 0) is 51.1 Å². The molecule has 0 amide bonds. The first-order valence-electron chi connectivity index (χ1n) is 9.26. The van der Waals surface area contributed by atoms with Crippen LogP contribution in [0.25, 0.3) is 22.2 Å². The number of aromatic amines is 1. The Labute approximate surface area is 172 Å². The van der Waals surface area contributed by atoms with Crippen LogP contribution in [0.5, 0.6) is 0 Å². The molecule has 0 aliphatic rings. The van der Waals surface area contributed by atoms with Gasteiger partial charge in [-0.25, -0.2) is 9.97 Å². The lowest BCUT2D eigenvalue weighted by molar-refractivity contribution is 0.731. The van der Waals surface area contributed by atoms with Crippen molar-refractivity contribution in [3.8, 4) is 11.3 Å². The first-order valence-corrected chi connectivity index (χ1v) is 9.64. The summed E-state index contributed by atoms with van der Waals surface area (Å²) in [4.78, 5) is 24.4. The van der Waals surface area contributed by atoms with Gasteiger partial charge in [-0.2, -0.15) is 5.10 Å². The molecule has 1 aromatic carbocycles. The van der Waals surface area contributed by atoms with Crippen LogP contribution < -0.4 is 10.9 Å². The molecule has 0 saturated heterocycles.